The van der Waals surface area contributed by atoms with Crippen LogP contribution in [0.25, 0.3) is 0 Å². The quantitative estimate of drug-likeness (QED) is 0.531. The highest BCUT2D eigenvalue weighted by atomic mass is 35.5. The van der Waals surface area contributed by atoms with E-state index in [4.69, 9.17) is 16.3 Å². The average molecular weight is 434 g/mol. The largest absolute Gasteiger partial charge is 0.454 e. The molecule has 1 unspecified atom stereocenters. The molecule has 156 valence electrons. The Morgan fingerprint density at radius 2 is 1.64 bits per heavy atom. The van der Waals surface area contributed by atoms with E-state index in [1.165, 1.54) is 24.3 Å². The van der Waals surface area contributed by atoms with E-state index in [2.05, 4.69) is 10.0 Å². The number of benzene rings is 1. The average Bonchev–Trinajstić information content (AvgIpc) is 2.57. The summed E-state index contributed by atoms with van der Waals surface area (Å²) in [5.41, 5.74) is 0. The summed E-state index contributed by atoms with van der Waals surface area (Å²) >= 11 is 5.75. The van der Waals surface area contributed by atoms with Gasteiger partial charge in [-0.15, -0.1) is 0 Å². The van der Waals surface area contributed by atoms with Gasteiger partial charge in [-0.05, 0) is 44.0 Å². The lowest BCUT2D eigenvalue weighted by molar-refractivity contribution is -0.150. The number of carbonyl (C=O) groups is 3. The van der Waals surface area contributed by atoms with E-state index in [1.807, 2.05) is 5.32 Å². The number of carbonyl (C=O) groups excluding carboxylic acids is 3. The molecule has 0 fully saturated rings. The Bertz CT molecular complexity index is 809. The number of imide groups is 1. The summed E-state index contributed by atoms with van der Waals surface area (Å²) < 4.78 is 32.0. The Hall–Kier alpha value is -2.17. The van der Waals surface area contributed by atoms with Crippen molar-refractivity contribution in [3.05, 3.63) is 29.3 Å². The maximum absolute atomic E-state index is 12.5. The number of nitrogens with one attached hydrogen (secondary N) is 3. The van der Waals surface area contributed by atoms with Crippen LogP contribution in [0.2, 0.25) is 5.02 Å². The van der Waals surface area contributed by atoms with Crippen LogP contribution < -0.4 is 15.4 Å². The number of rotatable bonds is 8. The molecule has 0 spiro atoms. The molecule has 0 radical (unpaired) electrons. The van der Waals surface area contributed by atoms with Crippen LogP contribution in [0.1, 0.15) is 27.7 Å². The molecule has 0 saturated heterocycles. The van der Waals surface area contributed by atoms with Crippen LogP contribution in [-0.4, -0.2) is 45.0 Å². The number of halogens is 1. The zero-order valence-electron chi connectivity index (χ0n) is 16.0. The molecule has 3 N–H and O–H groups in total. The van der Waals surface area contributed by atoms with Crippen LogP contribution in [0.4, 0.5) is 4.79 Å². The summed E-state index contributed by atoms with van der Waals surface area (Å²) in [7, 11) is -4.01. The van der Waals surface area contributed by atoms with E-state index in [9.17, 15) is 22.8 Å². The summed E-state index contributed by atoms with van der Waals surface area (Å²) in [4.78, 5) is 35.3. The molecule has 0 saturated carbocycles. The fourth-order valence-electron chi connectivity index (χ4n) is 1.99. The summed E-state index contributed by atoms with van der Waals surface area (Å²) in [5.74, 6) is -2.23. The highest BCUT2D eigenvalue weighted by Gasteiger charge is 2.30. The van der Waals surface area contributed by atoms with E-state index in [0.29, 0.717) is 5.02 Å². The van der Waals surface area contributed by atoms with Gasteiger partial charge in [-0.2, -0.15) is 4.72 Å². The van der Waals surface area contributed by atoms with Gasteiger partial charge in [0.05, 0.1) is 4.90 Å². The molecule has 0 heterocycles. The molecule has 0 aliphatic rings. The molecule has 0 aromatic heterocycles. The lowest BCUT2D eigenvalue weighted by Crippen LogP contribution is -2.47. The third kappa shape index (κ3) is 7.83. The normalized spacial score (nSPS) is 12.5. The van der Waals surface area contributed by atoms with Gasteiger partial charge in [-0.3, -0.25) is 14.9 Å². The maximum Gasteiger partial charge on any atom is 0.324 e. The van der Waals surface area contributed by atoms with Crippen LogP contribution in [0.15, 0.2) is 29.2 Å². The lowest BCUT2D eigenvalue weighted by atomic mass is 10.1. The van der Waals surface area contributed by atoms with Crippen molar-refractivity contribution >= 4 is 39.5 Å². The number of esters is 1. The summed E-state index contributed by atoms with van der Waals surface area (Å²) in [6.07, 6.45) is 0. The molecule has 0 aliphatic carbocycles. The van der Waals surface area contributed by atoms with E-state index >= 15 is 0 Å². The van der Waals surface area contributed by atoms with Crippen molar-refractivity contribution in [2.45, 2.75) is 44.7 Å². The second kappa shape index (κ2) is 10.4. The number of sulfonamides is 1. The van der Waals surface area contributed by atoms with E-state index in [1.54, 1.807) is 27.7 Å². The molecule has 3 amide bonds. The Kier molecular flexibility index (Phi) is 8.86. The number of hydrogen-bond acceptors (Lipinski definition) is 6. The molecule has 9 nitrogen and oxygen atoms in total. The van der Waals surface area contributed by atoms with Crippen molar-refractivity contribution in [3.8, 4) is 0 Å². The van der Waals surface area contributed by atoms with E-state index in [-0.39, 0.29) is 10.9 Å². The summed E-state index contributed by atoms with van der Waals surface area (Å²) in [6, 6.07) is 3.29. The Morgan fingerprint density at radius 1 is 1.07 bits per heavy atom. The van der Waals surface area contributed by atoms with Gasteiger partial charge in [-0.1, -0.05) is 25.4 Å². The molecule has 11 heteroatoms. The van der Waals surface area contributed by atoms with Gasteiger partial charge in [0, 0.05) is 11.1 Å². The Labute approximate surface area is 169 Å². The SMILES string of the molecule is CC(C)NC(=O)NC(=O)COC(=O)C(NS(=O)(=O)c1ccc(Cl)cc1)C(C)C. The molecule has 1 aromatic carbocycles. The highest BCUT2D eigenvalue weighted by molar-refractivity contribution is 7.89. The van der Waals surface area contributed by atoms with Gasteiger partial charge < -0.3 is 10.1 Å². The first-order valence-corrected chi connectivity index (χ1v) is 10.3. The first kappa shape index (κ1) is 23.9. The van der Waals surface area contributed by atoms with Gasteiger partial charge in [0.2, 0.25) is 10.0 Å². The number of amides is 3. The van der Waals surface area contributed by atoms with Crippen molar-refractivity contribution < 1.29 is 27.5 Å². The van der Waals surface area contributed by atoms with Crippen LogP contribution in [0.3, 0.4) is 0 Å². The van der Waals surface area contributed by atoms with Crippen molar-refractivity contribution in [1.82, 2.24) is 15.4 Å². The first-order valence-electron chi connectivity index (χ1n) is 8.47. The predicted molar refractivity (Wildman–Crippen MR) is 103 cm³/mol. The van der Waals surface area contributed by atoms with Crippen molar-refractivity contribution in [3.63, 3.8) is 0 Å². The minimum absolute atomic E-state index is 0.0709. The lowest BCUT2D eigenvalue weighted by Gasteiger charge is -2.20. The summed E-state index contributed by atoms with van der Waals surface area (Å²) in [5, 5.41) is 4.81. The second-order valence-corrected chi connectivity index (χ2v) is 8.73. The smallest absolute Gasteiger partial charge is 0.324 e. The minimum Gasteiger partial charge on any atom is -0.454 e. The van der Waals surface area contributed by atoms with Crippen LogP contribution in [0, 0.1) is 5.92 Å². The van der Waals surface area contributed by atoms with Gasteiger partial charge in [-0.25, -0.2) is 13.2 Å². The van der Waals surface area contributed by atoms with Gasteiger partial charge >= 0.3 is 12.0 Å². The topological polar surface area (TPSA) is 131 Å². The maximum atomic E-state index is 12.5. The molecule has 0 aliphatic heterocycles. The second-order valence-electron chi connectivity index (χ2n) is 6.58. The molecule has 1 aromatic rings. The molecule has 28 heavy (non-hydrogen) atoms. The third-order valence-corrected chi connectivity index (χ3v) is 5.05. The van der Waals surface area contributed by atoms with Crippen LogP contribution >= 0.6 is 11.6 Å². The molecule has 0 bridgehead atoms. The Morgan fingerprint density at radius 3 is 2.14 bits per heavy atom. The third-order valence-electron chi connectivity index (χ3n) is 3.34. The van der Waals surface area contributed by atoms with Crippen molar-refractivity contribution in [2.24, 2.45) is 5.92 Å². The zero-order valence-corrected chi connectivity index (χ0v) is 17.6. The van der Waals surface area contributed by atoms with E-state index in [0.717, 1.165) is 0 Å². The highest BCUT2D eigenvalue weighted by Crippen LogP contribution is 2.16. The fourth-order valence-corrected chi connectivity index (χ4v) is 3.45. The number of ether oxygens (including phenoxy) is 1. The molecule has 1 atom stereocenters. The molecular formula is C17H24ClN3O6S. The fraction of sp³-hybridized carbons (Fsp3) is 0.471. The Balaban J connectivity index is 2.72. The predicted octanol–water partition coefficient (Wildman–Crippen LogP) is 1.42. The zero-order chi connectivity index (χ0) is 21.5. The van der Waals surface area contributed by atoms with Crippen molar-refractivity contribution in [1.29, 1.82) is 0 Å². The number of hydrogen-bond donors (Lipinski definition) is 3. The van der Waals surface area contributed by atoms with E-state index < -0.39 is 46.5 Å². The molecular weight excluding hydrogens is 410 g/mol. The van der Waals surface area contributed by atoms with Gasteiger partial charge in [0.15, 0.2) is 6.61 Å². The minimum atomic E-state index is -4.01. The first-order chi connectivity index (χ1) is 12.9. The molecule has 1 rings (SSSR count). The number of urea groups is 1. The standard InChI is InChI=1S/C17H24ClN3O6S/c1-10(2)15(21-28(25,26)13-7-5-12(18)6-8-13)16(23)27-9-14(22)20-17(24)19-11(3)4/h5-8,10-11,15,21H,9H2,1-4H3,(H2,19,20,22,24). The van der Waals surface area contributed by atoms with Crippen molar-refractivity contribution in [2.75, 3.05) is 6.61 Å². The van der Waals surface area contributed by atoms with Gasteiger partial charge in [0.25, 0.3) is 5.91 Å². The van der Waals surface area contributed by atoms with Crippen LogP contribution in [0.5, 0.6) is 0 Å². The van der Waals surface area contributed by atoms with Crippen LogP contribution in [-0.2, 0) is 24.3 Å². The summed E-state index contributed by atoms with van der Waals surface area (Å²) in [6.45, 7) is 5.93. The monoisotopic (exact) mass is 433 g/mol. The van der Waals surface area contributed by atoms with Gasteiger partial charge in [0.1, 0.15) is 6.04 Å².